The van der Waals surface area contributed by atoms with Gasteiger partial charge < -0.3 is 10.5 Å². The van der Waals surface area contributed by atoms with Crippen LogP contribution in [-0.4, -0.2) is 15.8 Å². The molecule has 0 saturated heterocycles. The van der Waals surface area contributed by atoms with Crippen LogP contribution in [0.4, 0.5) is 0 Å². The Morgan fingerprint density at radius 1 is 1.42 bits per heavy atom. The Hall–Kier alpha value is -1.33. The molecule has 102 valence electrons. The Labute approximate surface area is 121 Å². The maximum absolute atomic E-state index is 6.04. The number of halogens is 1. The van der Waals surface area contributed by atoms with Gasteiger partial charge >= 0.3 is 0 Å². The van der Waals surface area contributed by atoms with E-state index in [1.165, 1.54) is 5.56 Å². The summed E-state index contributed by atoms with van der Waals surface area (Å²) < 4.78 is 8.72. The molecule has 2 N–H and O–H groups in total. The second kappa shape index (κ2) is 5.75. The fourth-order valence-corrected chi connectivity index (χ4v) is 2.49. The molecule has 1 heterocycles. The van der Waals surface area contributed by atoms with Crippen LogP contribution in [0.15, 0.2) is 35.1 Å². The van der Waals surface area contributed by atoms with E-state index in [0.29, 0.717) is 0 Å². The third-order valence-electron chi connectivity index (χ3n) is 2.87. The minimum atomic E-state index is -0.215. The number of aryl methyl sites for hydroxylation is 2. The summed E-state index contributed by atoms with van der Waals surface area (Å²) in [6, 6.07) is 5.86. The Kier molecular flexibility index (Phi) is 4.27. The minimum absolute atomic E-state index is 0.127. The second-order valence-corrected chi connectivity index (χ2v) is 5.63. The molecule has 0 radical (unpaired) electrons. The van der Waals surface area contributed by atoms with Crippen molar-refractivity contribution in [3.63, 3.8) is 0 Å². The lowest BCUT2D eigenvalue weighted by atomic mass is 10.1. The normalized spacial score (nSPS) is 14.2. The van der Waals surface area contributed by atoms with Gasteiger partial charge in [-0.15, -0.1) is 0 Å². The number of benzene rings is 1. The quantitative estimate of drug-likeness (QED) is 0.941. The standard InChI is InChI=1S/C14H18BrN3O/c1-9-4-5-13(12(15)6-9)19-14(10(2)16)11-7-17-18(3)8-11/h4-8,10,14H,16H2,1-3H3. The molecule has 0 fully saturated rings. The molecule has 2 atom stereocenters. The van der Waals surface area contributed by atoms with Crippen LogP contribution in [0, 0.1) is 6.92 Å². The fraction of sp³-hybridized carbons (Fsp3) is 0.357. The topological polar surface area (TPSA) is 53.1 Å². The Morgan fingerprint density at radius 2 is 2.16 bits per heavy atom. The van der Waals surface area contributed by atoms with E-state index in [9.17, 15) is 0 Å². The van der Waals surface area contributed by atoms with E-state index < -0.39 is 0 Å². The van der Waals surface area contributed by atoms with Crippen LogP contribution in [-0.2, 0) is 7.05 Å². The first-order valence-corrected chi connectivity index (χ1v) is 6.93. The van der Waals surface area contributed by atoms with Gasteiger partial charge in [0.05, 0.1) is 10.7 Å². The molecule has 0 bridgehead atoms. The highest BCUT2D eigenvalue weighted by atomic mass is 79.9. The Balaban J connectivity index is 2.26. The average molecular weight is 324 g/mol. The van der Waals surface area contributed by atoms with Gasteiger partial charge in [0.25, 0.3) is 0 Å². The van der Waals surface area contributed by atoms with E-state index in [-0.39, 0.29) is 12.1 Å². The molecule has 0 spiro atoms. The van der Waals surface area contributed by atoms with Gasteiger partial charge in [0, 0.05) is 24.8 Å². The van der Waals surface area contributed by atoms with Crippen molar-refractivity contribution < 1.29 is 4.74 Å². The van der Waals surface area contributed by atoms with Crippen molar-refractivity contribution in [2.75, 3.05) is 0 Å². The van der Waals surface area contributed by atoms with Crippen molar-refractivity contribution in [1.29, 1.82) is 0 Å². The van der Waals surface area contributed by atoms with Crippen molar-refractivity contribution in [2.24, 2.45) is 12.8 Å². The summed E-state index contributed by atoms with van der Waals surface area (Å²) in [5.74, 6) is 0.789. The average Bonchev–Trinajstić information content (AvgIpc) is 2.74. The van der Waals surface area contributed by atoms with Crippen LogP contribution in [0.3, 0.4) is 0 Å². The molecule has 0 aliphatic rings. The molecule has 2 rings (SSSR count). The van der Waals surface area contributed by atoms with Crippen molar-refractivity contribution >= 4 is 15.9 Å². The highest BCUT2D eigenvalue weighted by Crippen LogP contribution is 2.31. The van der Waals surface area contributed by atoms with Crippen LogP contribution in [0.1, 0.15) is 24.2 Å². The highest BCUT2D eigenvalue weighted by Gasteiger charge is 2.20. The first-order valence-electron chi connectivity index (χ1n) is 6.14. The summed E-state index contributed by atoms with van der Waals surface area (Å²) in [5.41, 5.74) is 8.18. The van der Waals surface area contributed by atoms with Crippen LogP contribution in [0.25, 0.3) is 0 Å². The summed E-state index contributed by atoms with van der Waals surface area (Å²) in [5, 5.41) is 4.17. The van der Waals surface area contributed by atoms with E-state index in [4.69, 9.17) is 10.5 Å². The molecule has 0 amide bonds. The summed E-state index contributed by atoms with van der Waals surface area (Å²) >= 11 is 3.52. The van der Waals surface area contributed by atoms with Gasteiger partial charge in [-0.3, -0.25) is 4.68 Å². The molecule has 1 aromatic heterocycles. The molecule has 0 aliphatic carbocycles. The first kappa shape index (κ1) is 14.1. The molecule has 19 heavy (non-hydrogen) atoms. The predicted octanol–water partition coefficient (Wildman–Crippen LogP) is 2.96. The van der Waals surface area contributed by atoms with Gasteiger partial charge in [0.2, 0.25) is 0 Å². The summed E-state index contributed by atoms with van der Waals surface area (Å²) in [6.07, 6.45) is 3.50. The third-order valence-corrected chi connectivity index (χ3v) is 3.49. The molecule has 4 nitrogen and oxygen atoms in total. The Bertz CT molecular complexity index is 566. The molecular formula is C14H18BrN3O. The maximum Gasteiger partial charge on any atom is 0.142 e. The van der Waals surface area contributed by atoms with Crippen LogP contribution in [0.5, 0.6) is 5.75 Å². The predicted molar refractivity (Wildman–Crippen MR) is 79.1 cm³/mol. The molecular weight excluding hydrogens is 306 g/mol. The zero-order valence-electron chi connectivity index (χ0n) is 11.3. The number of hydrogen-bond acceptors (Lipinski definition) is 3. The van der Waals surface area contributed by atoms with Crippen LogP contribution in [0.2, 0.25) is 0 Å². The first-order chi connectivity index (χ1) is 8.97. The number of aromatic nitrogens is 2. The monoisotopic (exact) mass is 323 g/mol. The third kappa shape index (κ3) is 3.36. The number of nitrogens with two attached hydrogens (primary N) is 1. The van der Waals surface area contributed by atoms with Crippen LogP contribution >= 0.6 is 15.9 Å². The lowest BCUT2D eigenvalue weighted by Crippen LogP contribution is -2.28. The van der Waals surface area contributed by atoms with Crippen molar-refractivity contribution in [3.05, 3.63) is 46.2 Å². The van der Waals surface area contributed by atoms with E-state index in [2.05, 4.69) is 21.0 Å². The van der Waals surface area contributed by atoms with E-state index in [0.717, 1.165) is 15.8 Å². The van der Waals surface area contributed by atoms with E-state index in [1.54, 1.807) is 10.9 Å². The van der Waals surface area contributed by atoms with Gasteiger partial charge in [-0.25, -0.2) is 0 Å². The van der Waals surface area contributed by atoms with E-state index in [1.807, 2.05) is 45.3 Å². The van der Waals surface area contributed by atoms with Crippen molar-refractivity contribution in [2.45, 2.75) is 26.0 Å². The molecule has 2 aromatic rings. The fourth-order valence-electron chi connectivity index (χ4n) is 1.90. The number of nitrogens with zero attached hydrogens (tertiary/aromatic N) is 2. The molecule has 1 aromatic carbocycles. The molecule has 5 heteroatoms. The van der Waals surface area contributed by atoms with Gasteiger partial charge in [-0.05, 0) is 47.5 Å². The molecule has 0 saturated carbocycles. The minimum Gasteiger partial charge on any atom is -0.483 e. The number of hydrogen-bond donors (Lipinski definition) is 1. The summed E-state index contributed by atoms with van der Waals surface area (Å²) in [7, 11) is 1.88. The van der Waals surface area contributed by atoms with Crippen LogP contribution < -0.4 is 10.5 Å². The lowest BCUT2D eigenvalue weighted by molar-refractivity contribution is 0.179. The maximum atomic E-state index is 6.04. The smallest absolute Gasteiger partial charge is 0.142 e. The SMILES string of the molecule is Cc1ccc(OC(c2cnn(C)c2)C(C)N)c(Br)c1. The number of rotatable bonds is 4. The summed E-state index contributed by atoms with van der Waals surface area (Å²) in [6.45, 7) is 3.97. The van der Waals surface area contributed by atoms with Crippen molar-refractivity contribution in [3.8, 4) is 5.75 Å². The van der Waals surface area contributed by atoms with Gasteiger partial charge in [0.1, 0.15) is 11.9 Å². The Morgan fingerprint density at radius 3 is 2.68 bits per heavy atom. The molecule has 2 unspecified atom stereocenters. The second-order valence-electron chi connectivity index (χ2n) is 4.78. The largest absolute Gasteiger partial charge is 0.483 e. The zero-order chi connectivity index (χ0) is 14.0. The molecule has 0 aliphatic heterocycles. The van der Waals surface area contributed by atoms with E-state index >= 15 is 0 Å². The highest BCUT2D eigenvalue weighted by molar-refractivity contribution is 9.10. The summed E-state index contributed by atoms with van der Waals surface area (Å²) in [4.78, 5) is 0. The van der Waals surface area contributed by atoms with Gasteiger partial charge in [-0.1, -0.05) is 6.07 Å². The van der Waals surface area contributed by atoms with Gasteiger partial charge in [0.15, 0.2) is 0 Å². The number of ether oxygens (including phenoxy) is 1. The zero-order valence-corrected chi connectivity index (χ0v) is 12.9. The lowest BCUT2D eigenvalue weighted by Gasteiger charge is -2.22. The van der Waals surface area contributed by atoms with Crippen molar-refractivity contribution in [1.82, 2.24) is 9.78 Å². The van der Waals surface area contributed by atoms with Gasteiger partial charge in [-0.2, -0.15) is 5.10 Å².